The largest absolute Gasteiger partial charge is 0.503 e. The summed E-state index contributed by atoms with van der Waals surface area (Å²) >= 11 is 6.13. The molecule has 5 rings (SSSR count). The highest BCUT2D eigenvalue weighted by Gasteiger charge is 2.38. The maximum atomic E-state index is 14.1. The third-order valence-corrected chi connectivity index (χ3v) is 6.65. The molecule has 3 heterocycles. The van der Waals surface area contributed by atoms with Crippen molar-refractivity contribution in [1.82, 2.24) is 9.88 Å². The highest BCUT2D eigenvalue weighted by molar-refractivity contribution is 6.30. The zero-order valence-corrected chi connectivity index (χ0v) is 19.0. The molecule has 2 aliphatic heterocycles. The maximum Gasteiger partial charge on any atom is 0.279 e. The number of rotatable bonds is 3. The van der Waals surface area contributed by atoms with Crippen molar-refractivity contribution in [3.63, 3.8) is 0 Å². The number of hydrogen-bond donors (Lipinski definition) is 2. The second-order valence-corrected chi connectivity index (χ2v) is 9.07. The van der Waals surface area contributed by atoms with Crippen LogP contribution in [0.2, 0.25) is 5.02 Å². The van der Waals surface area contributed by atoms with Crippen molar-refractivity contribution in [3.8, 4) is 5.75 Å². The van der Waals surface area contributed by atoms with Gasteiger partial charge in [-0.15, -0.1) is 0 Å². The molecule has 2 N–H and O–H groups in total. The molecule has 1 atom stereocenters. The Kier molecular flexibility index (Phi) is 5.40. The predicted molar refractivity (Wildman–Crippen MR) is 125 cm³/mol. The van der Waals surface area contributed by atoms with E-state index in [1.165, 1.54) is 21.7 Å². The molecular weight excluding hydrogens is 461 g/mol. The molecule has 2 aromatic carbocycles. The number of carbonyl (C=O) groups is 2. The lowest BCUT2D eigenvalue weighted by atomic mass is 10.0. The number of carbonyl (C=O) groups excluding carboxylic acids is 2. The van der Waals surface area contributed by atoms with Gasteiger partial charge in [0.05, 0.1) is 6.04 Å². The average Bonchev–Trinajstić information content (AvgIpc) is 2.96. The number of anilines is 1. The number of amides is 2. The van der Waals surface area contributed by atoms with Crippen LogP contribution in [0.15, 0.2) is 47.4 Å². The van der Waals surface area contributed by atoms with Crippen molar-refractivity contribution < 1.29 is 19.1 Å². The highest BCUT2D eigenvalue weighted by atomic mass is 35.5. The molecule has 0 fully saturated rings. The zero-order valence-electron chi connectivity index (χ0n) is 18.3. The highest BCUT2D eigenvalue weighted by Crippen LogP contribution is 2.38. The van der Waals surface area contributed by atoms with Gasteiger partial charge in [-0.25, -0.2) is 4.39 Å². The van der Waals surface area contributed by atoms with Gasteiger partial charge in [0.25, 0.3) is 11.8 Å². The Morgan fingerprint density at radius 1 is 1.24 bits per heavy atom. The molecule has 0 saturated heterocycles. The second-order valence-electron chi connectivity index (χ2n) is 8.64. The van der Waals surface area contributed by atoms with Crippen LogP contribution in [-0.2, 0) is 13.0 Å². The van der Waals surface area contributed by atoms with E-state index < -0.39 is 28.8 Å². The molecule has 0 spiro atoms. The SMILES string of the molecule is Cc1ccc(CNC(=O)c2cn3c(c(O)c2=O)C(=O)N2C[C@@H]3CCc3cc(Cl)ccc32)c(F)c1. The van der Waals surface area contributed by atoms with Crippen LogP contribution in [0.3, 0.4) is 0 Å². The Morgan fingerprint density at radius 3 is 2.79 bits per heavy atom. The van der Waals surface area contributed by atoms with Crippen molar-refractivity contribution in [2.75, 3.05) is 11.4 Å². The minimum Gasteiger partial charge on any atom is -0.503 e. The van der Waals surface area contributed by atoms with Gasteiger partial charge < -0.3 is 19.9 Å². The number of halogens is 2. The summed E-state index contributed by atoms with van der Waals surface area (Å²) in [4.78, 5) is 40.5. The second kappa shape index (κ2) is 8.29. The lowest BCUT2D eigenvalue weighted by Crippen LogP contribution is -2.44. The van der Waals surface area contributed by atoms with E-state index in [0.717, 1.165) is 11.1 Å². The van der Waals surface area contributed by atoms with Crippen LogP contribution in [0.5, 0.6) is 5.75 Å². The van der Waals surface area contributed by atoms with Gasteiger partial charge in [0.1, 0.15) is 11.4 Å². The molecular formula is C25H21ClFN3O4. The summed E-state index contributed by atoms with van der Waals surface area (Å²) in [5.74, 6) is -2.51. The van der Waals surface area contributed by atoms with E-state index in [-0.39, 0.29) is 29.4 Å². The van der Waals surface area contributed by atoms with Crippen LogP contribution in [-0.4, -0.2) is 28.0 Å². The summed E-state index contributed by atoms with van der Waals surface area (Å²) in [5, 5.41) is 13.8. The summed E-state index contributed by atoms with van der Waals surface area (Å²) in [5.41, 5.74) is 1.21. The maximum absolute atomic E-state index is 14.1. The normalized spacial score (nSPS) is 16.5. The van der Waals surface area contributed by atoms with E-state index in [0.29, 0.717) is 30.1 Å². The van der Waals surface area contributed by atoms with E-state index in [4.69, 9.17) is 11.6 Å². The Labute approximate surface area is 199 Å². The molecule has 2 amide bonds. The van der Waals surface area contributed by atoms with Crippen molar-refractivity contribution in [2.24, 2.45) is 0 Å². The number of hydrogen-bond acceptors (Lipinski definition) is 4. The van der Waals surface area contributed by atoms with Gasteiger partial charge in [0, 0.05) is 35.6 Å². The van der Waals surface area contributed by atoms with Gasteiger partial charge in [0.15, 0.2) is 11.4 Å². The molecule has 9 heteroatoms. The number of aryl methyl sites for hydroxylation is 2. The number of fused-ring (bicyclic) bond motifs is 6. The minimum absolute atomic E-state index is 0.126. The van der Waals surface area contributed by atoms with Crippen molar-refractivity contribution in [2.45, 2.75) is 32.4 Å². The first-order valence-electron chi connectivity index (χ1n) is 10.9. The van der Waals surface area contributed by atoms with Gasteiger partial charge in [-0.3, -0.25) is 14.4 Å². The third kappa shape index (κ3) is 3.64. The number of nitrogens with zero attached hydrogens (tertiary/aromatic N) is 2. The molecule has 1 aromatic heterocycles. The Morgan fingerprint density at radius 2 is 2.03 bits per heavy atom. The first-order chi connectivity index (χ1) is 16.2. The van der Waals surface area contributed by atoms with Crippen LogP contribution >= 0.6 is 11.6 Å². The molecule has 7 nitrogen and oxygen atoms in total. The number of nitrogens with one attached hydrogen (secondary N) is 1. The van der Waals surface area contributed by atoms with Gasteiger partial charge in [0.2, 0.25) is 5.43 Å². The van der Waals surface area contributed by atoms with E-state index in [9.17, 15) is 23.9 Å². The number of benzene rings is 2. The van der Waals surface area contributed by atoms with Crippen molar-refractivity contribution in [3.05, 3.63) is 91.6 Å². The van der Waals surface area contributed by atoms with Crippen LogP contribution < -0.4 is 15.6 Å². The standard InChI is InChI=1S/C25H21ClFN3O4/c1-13-2-3-15(19(27)8-13)10-28-24(33)18-12-29-17-6-4-14-9-16(26)5-7-20(14)30(11-17)25(34)21(29)23(32)22(18)31/h2-3,5,7-9,12,17,32H,4,6,10-11H2,1H3,(H,28,33)/t17-/m0/s1. The number of pyridine rings is 1. The molecule has 0 saturated carbocycles. The number of aromatic hydroxyl groups is 1. The Hall–Kier alpha value is -3.65. The van der Waals surface area contributed by atoms with Crippen LogP contribution in [0, 0.1) is 12.7 Å². The van der Waals surface area contributed by atoms with Crippen molar-refractivity contribution >= 4 is 29.1 Å². The Balaban J connectivity index is 1.50. The quantitative estimate of drug-likeness (QED) is 0.596. The molecule has 3 aromatic rings. The lowest BCUT2D eigenvalue weighted by Gasteiger charge is -2.35. The first-order valence-corrected chi connectivity index (χ1v) is 11.2. The molecule has 0 unspecified atom stereocenters. The van der Waals surface area contributed by atoms with Gasteiger partial charge in [-0.05, 0) is 55.2 Å². The molecule has 34 heavy (non-hydrogen) atoms. The monoisotopic (exact) mass is 481 g/mol. The average molecular weight is 482 g/mol. The van der Waals surface area contributed by atoms with Crippen molar-refractivity contribution in [1.29, 1.82) is 0 Å². The Bertz CT molecular complexity index is 1420. The zero-order chi connectivity index (χ0) is 24.1. The number of aromatic nitrogens is 1. The molecule has 174 valence electrons. The van der Waals surface area contributed by atoms with Crippen LogP contribution in [0.25, 0.3) is 0 Å². The first kappa shape index (κ1) is 22.2. The fourth-order valence-corrected chi connectivity index (χ4v) is 4.83. The van der Waals surface area contributed by atoms with Crippen LogP contribution in [0.1, 0.15) is 50.0 Å². The lowest BCUT2D eigenvalue weighted by molar-refractivity contribution is 0.0929. The molecule has 0 radical (unpaired) electrons. The summed E-state index contributed by atoms with van der Waals surface area (Å²) in [7, 11) is 0. The topological polar surface area (TPSA) is 91.6 Å². The predicted octanol–water partition coefficient (Wildman–Crippen LogP) is 3.73. The fourth-order valence-electron chi connectivity index (χ4n) is 4.63. The van der Waals surface area contributed by atoms with E-state index in [1.54, 1.807) is 31.2 Å². The summed E-state index contributed by atoms with van der Waals surface area (Å²) in [6.07, 6.45) is 2.56. The van der Waals surface area contributed by atoms with E-state index in [2.05, 4.69) is 5.32 Å². The summed E-state index contributed by atoms with van der Waals surface area (Å²) in [6, 6.07) is 9.64. The van der Waals surface area contributed by atoms with Gasteiger partial charge in [-0.1, -0.05) is 23.7 Å². The van der Waals surface area contributed by atoms with Gasteiger partial charge >= 0.3 is 0 Å². The molecule has 0 aliphatic carbocycles. The third-order valence-electron chi connectivity index (χ3n) is 6.42. The van der Waals surface area contributed by atoms with Crippen LogP contribution in [0.4, 0.5) is 10.1 Å². The summed E-state index contributed by atoms with van der Waals surface area (Å²) in [6.45, 7) is 1.96. The van der Waals surface area contributed by atoms with Gasteiger partial charge in [-0.2, -0.15) is 0 Å². The van der Waals surface area contributed by atoms with E-state index in [1.807, 2.05) is 6.07 Å². The van der Waals surface area contributed by atoms with E-state index >= 15 is 0 Å². The molecule has 2 aliphatic rings. The summed E-state index contributed by atoms with van der Waals surface area (Å²) < 4.78 is 15.6. The fraction of sp³-hybridized carbons (Fsp3) is 0.240. The molecule has 2 bridgehead atoms. The smallest absolute Gasteiger partial charge is 0.279 e. The minimum atomic E-state index is -0.947.